The third kappa shape index (κ3) is 4.23. The van der Waals surface area contributed by atoms with Crippen LogP contribution >= 0.6 is 0 Å². The third-order valence-electron chi connectivity index (χ3n) is 6.11. The summed E-state index contributed by atoms with van der Waals surface area (Å²) in [6.45, 7) is 5.34. The fourth-order valence-electron chi connectivity index (χ4n) is 4.29. The minimum Gasteiger partial charge on any atom is -0.353 e. The van der Waals surface area contributed by atoms with Crippen LogP contribution in [0.1, 0.15) is 44.3 Å². The highest BCUT2D eigenvalue weighted by molar-refractivity contribution is 5.79. The summed E-state index contributed by atoms with van der Waals surface area (Å²) in [5, 5.41) is 3.20. The van der Waals surface area contributed by atoms with Crippen molar-refractivity contribution in [1.29, 1.82) is 0 Å². The maximum atomic E-state index is 12.4. The van der Waals surface area contributed by atoms with E-state index in [0.717, 1.165) is 51.4 Å². The molecule has 138 valence electrons. The topological polar surface area (TPSA) is 53.4 Å². The molecule has 1 aromatic heterocycles. The van der Waals surface area contributed by atoms with Gasteiger partial charge >= 0.3 is 0 Å². The van der Waals surface area contributed by atoms with Crippen molar-refractivity contribution in [2.45, 2.75) is 57.2 Å². The monoisotopic (exact) mass is 345 g/mol. The van der Waals surface area contributed by atoms with E-state index < -0.39 is 0 Å². The van der Waals surface area contributed by atoms with E-state index in [4.69, 9.17) is 0 Å². The Labute approximate surface area is 150 Å². The first-order chi connectivity index (χ1) is 12.2. The average Bonchev–Trinajstić information content (AvgIpc) is 3.37. The first kappa shape index (κ1) is 17.0. The van der Waals surface area contributed by atoms with Crippen molar-refractivity contribution >= 4 is 5.91 Å². The maximum Gasteiger partial charge on any atom is 0.224 e. The molecule has 25 heavy (non-hydrogen) atoms. The molecule has 2 saturated heterocycles. The van der Waals surface area contributed by atoms with Gasteiger partial charge < -0.3 is 9.88 Å². The molecule has 0 bridgehead atoms. The van der Waals surface area contributed by atoms with Crippen LogP contribution in [0.25, 0.3) is 0 Å². The van der Waals surface area contributed by atoms with Gasteiger partial charge in [-0.15, -0.1) is 0 Å². The Bertz CT molecular complexity index is 588. The first-order valence-electron chi connectivity index (χ1n) is 9.92. The number of carbonyl (C=O) groups is 1. The number of amides is 1. The van der Waals surface area contributed by atoms with E-state index in [1.807, 2.05) is 12.4 Å². The number of rotatable bonds is 5. The molecule has 6 heteroatoms. The van der Waals surface area contributed by atoms with Crippen LogP contribution in [0.4, 0.5) is 0 Å². The minimum atomic E-state index is 0.208. The Kier molecular flexibility index (Phi) is 5.08. The predicted molar refractivity (Wildman–Crippen MR) is 97.0 cm³/mol. The summed E-state index contributed by atoms with van der Waals surface area (Å²) in [6.07, 6.45) is 10.9. The van der Waals surface area contributed by atoms with E-state index in [1.165, 1.54) is 25.7 Å². The van der Waals surface area contributed by atoms with Crippen molar-refractivity contribution in [3.05, 3.63) is 18.2 Å². The smallest absolute Gasteiger partial charge is 0.224 e. The molecule has 1 aromatic rings. The zero-order valence-electron chi connectivity index (χ0n) is 15.4. The molecule has 0 unspecified atom stereocenters. The summed E-state index contributed by atoms with van der Waals surface area (Å²) in [7, 11) is 2.07. The van der Waals surface area contributed by atoms with Crippen LogP contribution in [0.3, 0.4) is 0 Å². The van der Waals surface area contributed by atoms with Crippen molar-refractivity contribution in [1.82, 2.24) is 24.7 Å². The van der Waals surface area contributed by atoms with Crippen LogP contribution in [0, 0.1) is 5.92 Å². The predicted octanol–water partition coefficient (Wildman–Crippen LogP) is 1.38. The second kappa shape index (κ2) is 7.46. The number of nitrogens with one attached hydrogen (secondary N) is 1. The van der Waals surface area contributed by atoms with E-state index in [9.17, 15) is 4.79 Å². The van der Waals surface area contributed by atoms with Gasteiger partial charge in [0.2, 0.25) is 5.91 Å². The van der Waals surface area contributed by atoms with Crippen molar-refractivity contribution in [2.75, 3.05) is 26.2 Å². The lowest BCUT2D eigenvalue weighted by molar-refractivity contribution is -0.127. The van der Waals surface area contributed by atoms with Crippen LogP contribution < -0.4 is 5.32 Å². The second-order valence-electron chi connectivity index (χ2n) is 8.08. The number of nitrogens with zero attached hydrogens (tertiary/aromatic N) is 4. The highest BCUT2D eigenvalue weighted by atomic mass is 16.2. The number of aromatic nitrogens is 2. The Hall–Kier alpha value is -1.40. The van der Waals surface area contributed by atoms with Crippen LogP contribution in [0.15, 0.2) is 12.4 Å². The van der Waals surface area contributed by atoms with Crippen molar-refractivity contribution < 1.29 is 4.79 Å². The third-order valence-corrected chi connectivity index (χ3v) is 6.11. The highest BCUT2D eigenvalue weighted by Crippen LogP contribution is 2.26. The molecular formula is C19H31N5O. The Balaban J connectivity index is 1.25. The number of piperidine rings is 2. The van der Waals surface area contributed by atoms with Crippen LogP contribution in [0.2, 0.25) is 0 Å². The fourth-order valence-corrected chi connectivity index (χ4v) is 4.29. The van der Waals surface area contributed by atoms with Crippen molar-refractivity contribution in [2.24, 2.45) is 13.0 Å². The molecule has 1 atom stereocenters. The molecule has 1 N–H and O–H groups in total. The summed E-state index contributed by atoms with van der Waals surface area (Å²) in [4.78, 5) is 21.9. The van der Waals surface area contributed by atoms with E-state index in [1.54, 1.807) is 0 Å². The fraction of sp³-hybridized carbons (Fsp3) is 0.789. The lowest BCUT2D eigenvalue weighted by Gasteiger charge is -2.42. The summed E-state index contributed by atoms with van der Waals surface area (Å²) < 4.78 is 2.11. The van der Waals surface area contributed by atoms with Gasteiger partial charge in [0, 0.05) is 51.2 Å². The SMILES string of the molecule is Cn1ccnc1CN1CCC(N2CCC[C@@H](C(=O)NC3CC3)C2)CC1. The lowest BCUT2D eigenvalue weighted by atomic mass is 9.93. The lowest BCUT2D eigenvalue weighted by Crippen LogP contribution is -2.50. The maximum absolute atomic E-state index is 12.4. The molecule has 0 radical (unpaired) electrons. The number of carbonyl (C=O) groups excluding carboxylic acids is 1. The molecule has 3 aliphatic rings. The van der Waals surface area contributed by atoms with Gasteiger partial charge in [-0.3, -0.25) is 14.6 Å². The van der Waals surface area contributed by atoms with Crippen molar-refractivity contribution in [3.8, 4) is 0 Å². The highest BCUT2D eigenvalue weighted by Gasteiger charge is 2.33. The van der Waals surface area contributed by atoms with E-state index in [2.05, 4.69) is 31.7 Å². The van der Waals surface area contributed by atoms with Crippen LogP contribution in [0.5, 0.6) is 0 Å². The zero-order chi connectivity index (χ0) is 17.2. The number of hydrogen-bond acceptors (Lipinski definition) is 4. The van der Waals surface area contributed by atoms with Gasteiger partial charge in [-0.05, 0) is 45.1 Å². The van der Waals surface area contributed by atoms with E-state index >= 15 is 0 Å². The van der Waals surface area contributed by atoms with Crippen molar-refractivity contribution in [3.63, 3.8) is 0 Å². The first-order valence-corrected chi connectivity index (χ1v) is 9.92. The normalized spacial score (nSPS) is 26.7. The van der Waals surface area contributed by atoms with Gasteiger partial charge in [-0.2, -0.15) is 0 Å². The largest absolute Gasteiger partial charge is 0.353 e. The summed E-state index contributed by atoms with van der Waals surface area (Å²) in [5.74, 6) is 1.66. The average molecular weight is 345 g/mol. The summed E-state index contributed by atoms with van der Waals surface area (Å²) in [6, 6.07) is 1.13. The molecular weight excluding hydrogens is 314 g/mol. The molecule has 6 nitrogen and oxygen atoms in total. The standard InChI is InChI=1S/C19H31N5O/c1-22-12-8-20-18(22)14-23-10-6-17(7-11-23)24-9-2-3-15(13-24)19(25)21-16-4-5-16/h8,12,15-17H,2-7,9-11,13-14H2,1H3,(H,21,25)/t15-/m1/s1. The number of hydrogen-bond donors (Lipinski definition) is 1. The Morgan fingerprint density at radius 3 is 2.68 bits per heavy atom. The molecule has 0 spiro atoms. The quantitative estimate of drug-likeness (QED) is 0.876. The molecule has 3 heterocycles. The van der Waals surface area contributed by atoms with Gasteiger partial charge in [0.15, 0.2) is 0 Å². The Morgan fingerprint density at radius 2 is 2.00 bits per heavy atom. The van der Waals surface area contributed by atoms with E-state index in [-0.39, 0.29) is 5.92 Å². The van der Waals surface area contributed by atoms with E-state index in [0.29, 0.717) is 18.0 Å². The molecule has 0 aromatic carbocycles. The van der Waals surface area contributed by atoms with Gasteiger partial charge in [0.05, 0.1) is 12.5 Å². The van der Waals surface area contributed by atoms with Crippen LogP contribution in [-0.4, -0.2) is 63.5 Å². The number of likely N-dealkylation sites (tertiary alicyclic amines) is 2. The summed E-state index contributed by atoms with van der Waals surface area (Å²) >= 11 is 0. The molecule has 4 rings (SSSR count). The van der Waals surface area contributed by atoms with Gasteiger partial charge in [-0.1, -0.05) is 0 Å². The second-order valence-corrected chi connectivity index (χ2v) is 8.08. The number of aryl methyl sites for hydroxylation is 1. The molecule has 1 saturated carbocycles. The van der Waals surface area contributed by atoms with Gasteiger partial charge in [-0.25, -0.2) is 4.98 Å². The zero-order valence-corrected chi connectivity index (χ0v) is 15.4. The minimum absolute atomic E-state index is 0.208. The van der Waals surface area contributed by atoms with Crippen LogP contribution in [-0.2, 0) is 18.4 Å². The van der Waals surface area contributed by atoms with Gasteiger partial charge in [0.1, 0.15) is 5.82 Å². The molecule has 2 aliphatic heterocycles. The Morgan fingerprint density at radius 1 is 1.20 bits per heavy atom. The summed E-state index contributed by atoms with van der Waals surface area (Å²) in [5.41, 5.74) is 0. The number of imidazole rings is 1. The molecule has 1 aliphatic carbocycles. The molecule has 1 amide bonds. The van der Waals surface area contributed by atoms with Gasteiger partial charge in [0.25, 0.3) is 0 Å². The molecule has 3 fully saturated rings.